The molecule has 2 amide bonds. The Balaban J connectivity index is 1.35. The summed E-state index contributed by atoms with van der Waals surface area (Å²) in [4.78, 5) is 52.6. The maximum Gasteiger partial charge on any atom is 0.416 e. The minimum atomic E-state index is -4.61. The van der Waals surface area contributed by atoms with Crippen LogP contribution in [0.4, 0.5) is 24.5 Å². The fraction of sp³-hybridized carbons (Fsp3) is 0.355. The summed E-state index contributed by atoms with van der Waals surface area (Å²) in [5.74, 6) is -1.18. The number of hydrogen-bond acceptors (Lipinski definition) is 9. The Morgan fingerprint density at radius 3 is 2.51 bits per heavy atom. The van der Waals surface area contributed by atoms with E-state index in [-0.39, 0.29) is 72.0 Å². The van der Waals surface area contributed by atoms with Crippen molar-refractivity contribution in [3.8, 4) is 5.75 Å². The Labute approximate surface area is 286 Å². The number of anilines is 2. The van der Waals surface area contributed by atoms with E-state index in [4.69, 9.17) is 27.9 Å². The zero-order chi connectivity index (χ0) is 35.0. The van der Waals surface area contributed by atoms with Crippen LogP contribution in [-0.4, -0.2) is 85.4 Å². The van der Waals surface area contributed by atoms with Crippen LogP contribution in [0.15, 0.2) is 41.3 Å². The molecule has 3 aromatic heterocycles. The Bertz CT molecular complexity index is 2040. The Morgan fingerprint density at radius 1 is 1.10 bits per heavy atom. The van der Waals surface area contributed by atoms with Crippen molar-refractivity contribution in [2.24, 2.45) is 0 Å². The van der Waals surface area contributed by atoms with Crippen molar-refractivity contribution < 1.29 is 32.6 Å². The maximum absolute atomic E-state index is 14.1. The predicted molar refractivity (Wildman–Crippen MR) is 174 cm³/mol. The number of aromatic nitrogens is 5. The highest BCUT2D eigenvalue weighted by atomic mass is 35.5. The first-order valence-corrected chi connectivity index (χ1v) is 16.0. The van der Waals surface area contributed by atoms with Crippen LogP contribution < -0.4 is 15.8 Å². The number of aromatic hydroxyl groups is 1. The summed E-state index contributed by atoms with van der Waals surface area (Å²) >= 11 is 12.1. The number of rotatable bonds is 7. The molecule has 49 heavy (non-hydrogen) atoms. The number of pyridine rings is 1. The van der Waals surface area contributed by atoms with Gasteiger partial charge in [-0.3, -0.25) is 14.4 Å². The monoisotopic (exact) mass is 720 g/mol. The third kappa shape index (κ3) is 6.80. The second-order valence-corrected chi connectivity index (χ2v) is 12.1. The van der Waals surface area contributed by atoms with Gasteiger partial charge in [-0.25, -0.2) is 4.98 Å². The highest BCUT2D eigenvalue weighted by molar-refractivity contribution is 6.33. The van der Waals surface area contributed by atoms with E-state index in [2.05, 4.69) is 20.4 Å². The summed E-state index contributed by atoms with van der Waals surface area (Å²) in [5, 5.41) is 17.1. The van der Waals surface area contributed by atoms with Gasteiger partial charge in [0, 0.05) is 32.4 Å². The first-order valence-electron chi connectivity index (χ1n) is 15.2. The molecule has 18 heteroatoms. The molecular formula is C31H29Cl2F3N8O5. The van der Waals surface area contributed by atoms with Crippen molar-refractivity contribution in [1.29, 1.82) is 0 Å². The normalized spacial score (nSPS) is 15.4. The van der Waals surface area contributed by atoms with Crippen LogP contribution in [0.1, 0.15) is 40.9 Å². The second-order valence-electron chi connectivity index (χ2n) is 11.3. The lowest BCUT2D eigenvalue weighted by Gasteiger charge is -2.36. The lowest BCUT2D eigenvalue weighted by atomic mass is 10.1. The minimum absolute atomic E-state index is 0.00762. The standard InChI is InChI=1S/C31H29Cl2F3N8O5/c1-2-22-25(41-9-11-42(12-10-41)28(47)24-26(46)19(32)5-8-37-24)29(48)44-30(39-27(40-44)17-6-13-49-14-7-17)43(22)16-23(45)38-21-4-3-18(15-20(21)33)31(34,35)36/h3-6,8,15,46H,2,7,9-14,16H2,1H3,(H,38,45). The summed E-state index contributed by atoms with van der Waals surface area (Å²) in [5.41, 5.74) is -0.165. The smallest absolute Gasteiger partial charge is 0.416 e. The van der Waals surface area contributed by atoms with Crippen LogP contribution in [0, 0.1) is 0 Å². The van der Waals surface area contributed by atoms with Gasteiger partial charge in [0.1, 0.15) is 12.2 Å². The van der Waals surface area contributed by atoms with Gasteiger partial charge in [-0.05, 0) is 42.7 Å². The van der Waals surface area contributed by atoms with E-state index in [1.54, 1.807) is 9.47 Å². The Morgan fingerprint density at radius 2 is 1.86 bits per heavy atom. The van der Waals surface area contributed by atoms with Gasteiger partial charge in [-0.1, -0.05) is 36.2 Å². The first kappa shape index (κ1) is 34.2. The number of carbonyl (C=O) groups is 2. The zero-order valence-corrected chi connectivity index (χ0v) is 27.4. The van der Waals surface area contributed by atoms with Crippen LogP contribution >= 0.6 is 23.2 Å². The number of piperazine rings is 1. The van der Waals surface area contributed by atoms with Gasteiger partial charge in [0.2, 0.25) is 11.7 Å². The fourth-order valence-electron chi connectivity index (χ4n) is 5.79. The molecule has 258 valence electrons. The second kappa shape index (κ2) is 13.7. The van der Waals surface area contributed by atoms with Crippen LogP contribution in [-0.2, 0) is 28.7 Å². The van der Waals surface area contributed by atoms with E-state index in [0.29, 0.717) is 31.2 Å². The van der Waals surface area contributed by atoms with Gasteiger partial charge >= 0.3 is 6.18 Å². The topological polar surface area (TPSA) is 147 Å². The number of amides is 2. The van der Waals surface area contributed by atoms with Crippen molar-refractivity contribution in [3.63, 3.8) is 0 Å². The van der Waals surface area contributed by atoms with E-state index in [9.17, 15) is 32.7 Å². The predicted octanol–water partition coefficient (Wildman–Crippen LogP) is 4.28. The molecule has 0 spiro atoms. The van der Waals surface area contributed by atoms with Crippen LogP contribution in [0.2, 0.25) is 10.0 Å². The van der Waals surface area contributed by atoms with E-state index >= 15 is 0 Å². The van der Waals surface area contributed by atoms with Crippen LogP contribution in [0.3, 0.4) is 0 Å². The van der Waals surface area contributed by atoms with E-state index in [0.717, 1.165) is 28.3 Å². The van der Waals surface area contributed by atoms with Crippen molar-refractivity contribution >= 4 is 57.7 Å². The number of hydrogen-bond donors (Lipinski definition) is 2. The SMILES string of the molecule is CCc1c(N2CCN(C(=O)c3nccc(Cl)c3O)CC2)c(=O)n2nc(C3=CCOCC3)nc2n1CC(=O)Nc1ccc(C(F)(F)F)cc1Cl. The molecule has 2 aliphatic rings. The lowest BCUT2D eigenvalue weighted by molar-refractivity contribution is -0.137. The molecule has 6 rings (SSSR count). The van der Waals surface area contributed by atoms with Gasteiger partial charge in [0.25, 0.3) is 11.5 Å². The summed E-state index contributed by atoms with van der Waals surface area (Å²) in [6, 6.07) is 3.98. The summed E-state index contributed by atoms with van der Waals surface area (Å²) in [6.07, 6.45) is -0.678. The molecule has 0 unspecified atom stereocenters. The number of alkyl halides is 3. The number of ether oxygens (including phenoxy) is 1. The third-order valence-corrected chi connectivity index (χ3v) is 8.86. The third-order valence-electron chi connectivity index (χ3n) is 8.24. The Hall–Kier alpha value is -4.67. The number of fused-ring (bicyclic) bond motifs is 1. The number of carbonyl (C=O) groups excluding carboxylic acids is 2. The molecule has 0 atom stereocenters. The van der Waals surface area contributed by atoms with Gasteiger partial charge in [0.15, 0.2) is 17.3 Å². The average molecular weight is 722 g/mol. The first-order chi connectivity index (χ1) is 23.4. The zero-order valence-electron chi connectivity index (χ0n) is 25.9. The number of nitrogens with zero attached hydrogens (tertiary/aromatic N) is 7. The molecule has 4 aromatic rings. The van der Waals surface area contributed by atoms with Crippen molar-refractivity contribution in [3.05, 3.63) is 79.7 Å². The molecule has 0 bridgehead atoms. The highest BCUT2D eigenvalue weighted by Crippen LogP contribution is 2.34. The summed E-state index contributed by atoms with van der Waals surface area (Å²) < 4.78 is 47.6. The molecule has 1 fully saturated rings. The van der Waals surface area contributed by atoms with Crippen LogP contribution in [0.5, 0.6) is 5.75 Å². The summed E-state index contributed by atoms with van der Waals surface area (Å²) in [6.45, 7) is 3.01. The average Bonchev–Trinajstić information content (AvgIpc) is 3.54. The van der Waals surface area contributed by atoms with Crippen molar-refractivity contribution in [2.45, 2.75) is 32.5 Å². The van der Waals surface area contributed by atoms with E-state index in [1.807, 2.05) is 13.0 Å². The van der Waals surface area contributed by atoms with Gasteiger partial charge in [-0.15, -0.1) is 5.10 Å². The van der Waals surface area contributed by atoms with Gasteiger partial charge < -0.3 is 29.5 Å². The molecular weight excluding hydrogens is 692 g/mol. The van der Waals surface area contributed by atoms with Crippen molar-refractivity contribution in [1.82, 2.24) is 29.0 Å². The molecule has 5 heterocycles. The maximum atomic E-state index is 14.1. The molecule has 0 radical (unpaired) electrons. The summed E-state index contributed by atoms with van der Waals surface area (Å²) in [7, 11) is 0. The number of halogens is 5. The molecule has 1 aromatic carbocycles. The van der Waals surface area contributed by atoms with Gasteiger partial charge in [-0.2, -0.15) is 22.7 Å². The number of nitrogens with one attached hydrogen (secondary N) is 1. The van der Waals surface area contributed by atoms with Crippen LogP contribution in [0.25, 0.3) is 11.4 Å². The van der Waals surface area contributed by atoms with Crippen molar-refractivity contribution in [2.75, 3.05) is 49.6 Å². The fourth-order valence-corrected chi connectivity index (χ4v) is 6.17. The number of benzene rings is 1. The largest absolute Gasteiger partial charge is 0.504 e. The molecule has 2 N–H and O–H groups in total. The lowest BCUT2D eigenvalue weighted by Crippen LogP contribution is -2.51. The molecule has 1 saturated heterocycles. The van der Waals surface area contributed by atoms with E-state index in [1.165, 1.54) is 17.2 Å². The Kier molecular flexibility index (Phi) is 9.55. The van der Waals surface area contributed by atoms with E-state index < -0.39 is 34.9 Å². The molecule has 2 aliphatic heterocycles. The molecule has 0 aliphatic carbocycles. The highest BCUT2D eigenvalue weighted by Gasteiger charge is 2.32. The quantitative estimate of drug-likeness (QED) is 0.286. The molecule has 0 saturated carbocycles. The van der Waals surface area contributed by atoms with Gasteiger partial charge in [0.05, 0.1) is 40.2 Å². The minimum Gasteiger partial charge on any atom is -0.504 e. The molecule has 13 nitrogen and oxygen atoms in total.